The second-order valence-corrected chi connectivity index (χ2v) is 7.75. The van der Waals surface area contributed by atoms with Gasteiger partial charge in [0.15, 0.2) is 0 Å². The van der Waals surface area contributed by atoms with Crippen molar-refractivity contribution < 1.29 is 13.5 Å². The molecule has 0 saturated heterocycles. The second kappa shape index (κ2) is 6.95. The number of nitrogens with one attached hydrogen (secondary N) is 1. The fraction of sp³-hybridized carbons (Fsp3) is 0.500. The maximum atomic E-state index is 11.9. The van der Waals surface area contributed by atoms with Crippen LogP contribution in [0.2, 0.25) is 5.02 Å². The van der Waals surface area contributed by atoms with Crippen molar-refractivity contribution in [3.05, 3.63) is 34.9 Å². The molecule has 2 N–H and O–H groups in total. The SMILES string of the molecule is CSC[C@@](C)(O)CNS(=O)(=O)Cc1cccc(Cl)c1. The standard InChI is InChI=1S/C12H18ClNO3S2/c1-12(15,9-18-2)8-14-19(16,17)7-10-4-3-5-11(13)6-10/h3-6,14-15H,7-9H2,1-2H3/t12-/m0/s1. The molecule has 0 amide bonds. The molecule has 1 aromatic carbocycles. The van der Waals surface area contributed by atoms with Gasteiger partial charge in [0.1, 0.15) is 0 Å². The molecule has 0 aromatic heterocycles. The minimum atomic E-state index is -3.48. The van der Waals surface area contributed by atoms with Crippen molar-refractivity contribution in [1.82, 2.24) is 4.72 Å². The summed E-state index contributed by atoms with van der Waals surface area (Å²) in [5.41, 5.74) is -0.439. The molecule has 108 valence electrons. The predicted octanol–water partition coefficient (Wildman–Crippen LogP) is 1.87. The van der Waals surface area contributed by atoms with Crippen molar-refractivity contribution in [2.24, 2.45) is 0 Å². The highest BCUT2D eigenvalue weighted by Gasteiger charge is 2.22. The van der Waals surface area contributed by atoms with Crippen LogP contribution in [0.1, 0.15) is 12.5 Å². The van der Waals surface area contributed by atoms with Crippen LogP contribution in [-0.2, 0) is 15.8 Å². The number of benzene rings is 1. The average molecular weight is 324 g/mol. The van der Waals surface area contributed by atoms with Crippen LogP contribution in [0.25, 0.3) is 0 Å². The highest BCUT2D eigenvalue weighted by molar-refractivity contribution is 7.98. The Bertz CT molecular complexity index is 517. The number of thioether (sulfide) groups is 1. The highest BCUT2D eigenvalue weighted by atomic mass is 35.5. The predicted molar refractivity (Wildman–Crippen MR) is 81.1 cm³/mol. The first kappa shape index (κ1) is 16.8. The van der Waals surface area contributed by atoms with E-state index in [0.29, 0.717) is 16.3 Å². The fourth-order valence-corrected chi connectivity index (χ4v) is 3.71. The first-order valence-corrected chi connectivity index (χ1v) is 9.10. The Morgan fingerprint density at radius 1 is 1.47 bits per heavy atom. The monoisotopic (exact) mass is 323 g/mol. The zero-order chi connectivity index (χ0) is 14.5. The molecule has 19 heavy (non-hydrogen) atoms. The van der Waals surface area contributed by atoms with Gasteiger partial charge >= 0.3 is 0 Å². The number of sulfonamides is 1. The zero-order valence-electron chi connectivity index (χ0n) is 10.9. The van der Waals surface area contributed by atoms with Crippen LogP contribution in [0.5, 0.6) is 0 Å². The fourth-order valence-electron chi connectivity index (χ4n) is 1.52. The van der Waals surface area contributed by atoms with Crippen LogP contribution in [0.3, 0.4) is 0 Å². The van der Waals surface area contributed by atoms with Gasteiger partial charge in [-0.3, -0.25) is 0 Å². The molecule has 0 aliphatic rings. The molecule has 0 aliphatic carbocycles. The summed E-state index contributed by atoms with van der Waals surface area (Å²) in [4.78, 5) is 0. The first-order valence-electron chi connectivity index (χ1n) is 5.67. The Morgan fingerprint density at radius 2 is 2.16 bits per heavy atom. The summed E-state index contributed by atoms with van der Waals surface area (Å²) in [6.45, 7) is 1.60. The van der Waals surface area contributed by atoms with E-state index < -0.39 is 15.6 Å². The molecule has 1 rings (SSSR count). The van der Waals surface area contributed by atoms with E-state index in [2.05, 4.69) is 4.72 Å². The Kier molecular flexibility index (Phi) is 6.14. The van der Waals surface area contributed by atoms with E-state index in [-0.39, 0.29) is 12.3 Å². The molecule has 0 unspecified atom stereocenters. The molecule has 0 spiro atoms. The van der Waals surface area contributed by atoms with Crippen LogP contribution in [0, 0.1) is 0 Å². The molecule has 0 saturated carbocycles. The van der Waals surface area contributed by atoms with E-state index in [4.69, 9.17) is 11.6 Å². The van der Waals surface area contributed by atoms with Crippen molar-refractivity contribution in [3.8, 4) is 0 Å². The highest BCUT2D eigenvalue weighted by Crippen LogP contribution is 2.14. The summed E-state index contributed by atoms with van der Waals surface area (Å²) >= 11 is 7.27. The van der Waals surface area contributed by atoms with Gasteiger partial charge in [-0.15, -0.1) is 0 Å². The molecule has 4 nitrogen and oxygen atoms in total. The number of halogens is 1. The Labute approximate surface area is 123 Å². The van der Waals surface area contributed by atoms with E-state index in [1.165, 1.54) is 11.8 Å². The van der Waals surface area contributed by atoms with Gasteiger partial charge in [0.2, 0.25) is 10.0 Å². The number of hydrogen-bond donors (Lipinski definition) is 2. The lowest BCUT2D eigenvalue weighted by Gasteiger charge is -2.22. The normalized spacial score (nSPS) is 15.2. The quantitative estimate of drug-likeness (QED) is 0.804. The van der Waals surface area contributed by atoms with Crippen LogP contribution < -0.4 is 4.72 Å². The van der Waals surface area contributed by atoms with Crippen molar-refractivity contribution in [2.75, 3.05) is 18.6 Å². The Morgan fingerprint density at radius 3 is 2.74 bits per heavy atom. The van der Waals surface area contributed by atoms with Gasteiger partial charge in [-0.05, 0) is 30.9 Å². The maximum Gasteiger partial charge on any atom is 0.215 e. The molecule has 1 atom stereocenters. The van der Waals surface area contributed by atoms with E-state index in [1.54, 1.807) is 31.2 Å². The summed E-state index contributed by atoms with van der Waals surface area (Å²) in [5.74, 6) is 0.315. The van der Waals surface area contributed by atoms with Crippen molar-refractivity contribution in [2.45, 2.75) is 18.3 Å². The summed E-state index contributed by atoms with van der Waals surface area (Å²) in [5, 5.41) is 10.4. The van der Waals surface area contributed by atoms with Gasteiger partial charge in [-0.25, -0.2) is 13.1 Å². The third-order valence-corrected chi connectivity index (χ3v) is 4.82. The molecule has 0 bridgehead atoms. The molecule has 1 aromatic rings. The van der Waals surface area contributed by atoms with E-state index in [1.807, 2.05) is 6.26 Å². The topological polar surface area (TPSA) is 66.4 Å². The number of aliphatic hydroxyl groups is 1. The lowest BCUT2D eigenvalue weighted by atomic mass is 10.1. The summed E-state index contributed by atoms with van der Waals surface area (Å²) in [6, 6.07) is 6.71. The average Bonchev–Trinajstić information content (AvgIpc) is 2.26. The summed E-state index contributed by atoms with van der Waals surface area (Å²) < 4.78 is 26.2. The van der Waals surface area contributed by atoms with Gasteiger partial charge in [-0.1, -0.05) is 23.7 Å². The molecule has 7 heteroatoms. The largest absolute Gasteiger partial charge is 0.388 e. The summed E-state index contributed by atoms with van der Waals surface area (Å²) in [7, 11) is -3.48. The second-order valence-electron chi connectivity index (χ2n) is 4.64. The molecular formula is C12H18ClNO3S2. The van der Waals surface area contributed by atoms with Crippen molar-refractivity contribution in [3.63, 3.8) is 0 Å². The minimum Gasteiger partial charge on any atom is -0.388 e. The third-order valence-electron chi connectivity index (χ3n) is 2.37. The molecule has 0 radical (unpaired) electrons. The van der Waals surface area contributed by atoms with Gasteiger partial charge in [0.05, 0.1) is 11.4 Å². The van der Waals surface area contributed by atoms with Crippen molar-refractivity contribution in [1.29, 1.82) is 0 Å². The smallest absolute Gasteiger partial charge is 0.215 e. The zero-order valence-corrected chi connectivity index (χ0v) is 13.3. The lowest BCUT2D eigenvalue weighted by molar-refractivity contribution is 0.0908. The third kappa shape index (κ3) is 6.63. The lowest BCUT2D eigenvalue weighted by Crippen LogP contribution is -2.42. The molecule has 0 aliphatic heterocycles. The van der Waals surface area contributed by atoms with Gasteiger partial charge < -0.3 is 5.11 Å². The molecular weight excluding hydrogens is 306 g/mol. The number of rotatable bonds is 7. The minimum absolute atomic E-state index is 0.00324. The molecule has 0 fully saturated rings. The van der Waals surface area contributed by atoms with Crippen LogP contribution >= 0.6 is 23.4 Å². The van der Waals surface area contributed by atoms with E-state index in [9.17, 15) is 13.5 Å². The Balaban J connectivity index is 2.62. The molecule has 0 heterocycles. The van der Waals surface area contributed by atoms with Crippen LogP contribution in [-0.4, -0.2) is 37.7 Å². The van der Waals surface area contributed by atoms with Gasteiger partial charge in [-0.2, -0.15) is 11.8 Å². The number of hydrogen-bond acceptors (Lipinski definition) is 4. The van der Waals surface area contributed by atoms with Crippen LogP contribution in [0.4, 0.5) is 0 Å². The summed E-state index contributed by atoms with van der Waals surface area (Å²) in [6.07, 6.45) is 1.86. The van der Waals surface area contributed by atoms with E-state index in [0.717, 1.165) is 0 Å². The Hall–Kier alpha value is -0.270. The first-order chi connectivity index (χ1) is 8.74. The maximum absolute atomic E-state index is 11.9. The van der Waals surface area contributed by atoms with Gasteiger partial charge in [0.25, 0.3) is 0 Å². The van der Waals surface area contributed by atoms with E-state index >= 15 is 0 Å². The van der Waals surface area contributed by atoms with Crippen LogP contribution in [0.15, 0.2) is 24.3 Å². The van der Waals surface area contributed by atoms with Gasteiger partial charge in [0, 0.05) is 17.3 Å². The van der Waals surface area contributed by atoms with Crippen molar-refractivity contribution >= 4 is 33.4 Å².